The molecule has 3 rings (SSSR count). The highest BCUT2D eigenvalue weighted by atomic mass is 16.5. The molecule has 4 heteroatoms. The van der Waals surface area contributed by atoms with Crippen LogP contribution in [-0.4, -0.2) is 59.7 Å². The molecule has 128 valence electrons. The normalized spacial score (nSPS) is 26.8. The minimum absolute atomic E-state index is 0.0705. The van der Waals surface area contributed by atoms with Crippen molar-refractivity contribution in [1.82, 2.24) is 14.8 Å². The van der Waals surface area contributed by atoms with Crippen LogP contribution in [0.1, 0.15) is 38.7 Å². The summed E-state index contributed by atoms with van der Waals surface area (Å²) in [4.78, 5) is 9.48. The molecule has 1 aromatic rings. The molecule has 0 bridgehead atoms. The van der Waals surface area contributed by atoms with E-state index in [1.807, 2.05) is 18.5 Å². The monoisotopic (exact) mass is 317 g/mol. The predicted molar refractivity (Wildman–Crippen MR) is 93.3 cm³/mol. The van der Waals surface area contributed by atoms with E-state index in [1.165, 1.54) is 57.5 Å². The van der Waals surface area contributed by atoms with Gasteiger partial charge in [0, 0.05) is 45.2 Å². The van der Waals surface area contributed by atoms with Crippen LogP contribution in [0.2, 0.25) is 0 Å². The minimum Gasteiger partial charge on any atom is -0.376 e. The van der Waals surface area contributed by atoms with Crippen LogP contribution in [0, 0.1) is 5.92 Å². The molecule has 2 fully saturated rings. The molecular weight excluding hydrogens is 286 g/mol. The molecule has 4 nitrogen and oxygen atoms in total. The lowest BCUT2D eigenvalue weighted by Crippen LogP contribution is -2.40. The summed E-state index contributed by atoms with van der Waals surface area (Å²) in [6.45, 7) is 12.5. The molecule has 2 aliphatic heterocycles. The van der Waals surface area contributed by atoms with Crippen LogP contribution in [0.15, 0.2) is 24.5 Å². The van der Waals surface area contributed by atoms with Crippen LogP contribution >= 0.6 is 0 Å². The van der Waals surface area contributed by atoms with Crippen LogP contribution < -0.4 is 0 Å². The number of nitrogens with zero attached hydrogens (tertiary/aromatic N) is 3. The summed E-state index contributed by atoms with van der Waals surface area (Å²) in [6, 6.07) is 4.21. The number of rotatable bonds is 4. The molecule has 1 aromatic heterocycles. The van der Waals surface area contributed by atoms with Gasteiger partial charge in [0.25, 0.3) is 0 Å². The Balaban J connectivity index is 1.47. The highest BCUT2D eigenvalue weighted by Gasteiger charge is 2.30. The van der Waals surface area contributed by atoms with Gasteiger partial charge in [-0.15, -0.1) is 0 Å². The van der Waals surface area contributed by atoms with Crippen molar-refractivity contribution in [3.05, 3.63) is 30.1 Å². The smallest absolute Gasteiger partial charge is 0.0629 e. The number of ether oxygens (including phenoxy) is 1. The molecule has 0 aromatic carbocycles. The Kier molecular flexibility index (Phi) is 5.67. The van der Waals surface area contributed by atoms with E-state index in [0.29, 0.717) is 0 Å². The van der Waals surface area contributed by atoms with Gasteiger partial charge in [-0.25, -0.2) is 0 Å². The van der Waals surface area contributed by atoms with Crippen molar-refractivity contribution in [3.8, 4) is 0 Å². The molecule has 23 heavy (non-hydrogen) atoms. The van der Waals surface area contributed by atoms with Gasteiger partial charge in [-0.2, -0.15) is 0 Å². The first-order valence-corrected chi connectivity index (χ1v) is 9.08. The predicted octanol–water partition coefficient (Wildman–Crippen LogP) is 2.79. The number of hydrogen-bond donors (Lipinski definition) is 0. The third-order valence-electron chi connectivity index (χ3n) is 5.13. The van der Waals surface area contributed by atoms with Gasteiger partial charge in [0.05, 0.1) is 5.60 Å². The lowest BCUT2D eigenvalue weighted by atomic mass is 9.88. The van der Waals surface area contributed by atoms with Gasteiger partial charge < -0.3 is 9.64 Å². The molecule has 1 unspecified atom stereocenters. The van der Waals surface area contributed by atoms with Gasteiger partial charge in [-0.3, -0.25) is 9.88 Å². The van der Waals surface area contributed by atoms with Crippen molar-refractivity contribution >= 4 is 0 Å². The van der Waals surface area contributed by atoms with Crippen LogP contribution in [0.3, 0.4) is 0 Å². The zero-order valence-corrected chi connectivity index (χ0v) is 14.7. The summed E-state index contributed by atoms with van der Waals surface area (Å²) in [5.41, 5.74) is 1.40. The Bertz CT molecular complexity index is 477. The molecule has 0 aliphatic carbocycles. The van der Waals surface area contributed by atoms with Gasteiger partial charge >= 0.3 is 0 Å². The lowest BCUT2D eigenvalue weighted by Gasteiger charge is -2.37. The van der Waals surface area contributed by atoms with Crippen molar-refractivity contribution in [2.45, 2.75) is 45.3 Å². The zero-order chi connectivity index (χ0) is 16.1. The Morgan fingerprint density at radius 1 is 1.22 bits per heavy atom. The highest BCUT2D eigenvalue weighted by molar-refractivity contribution is 5.08. The topological polar surface area (TPSA) is 28.6 Å². The SMILES string of the molecule is CC1(C)CC(CN2CCCN(Cc3cccnc3)CC2)CCO1. The van der Waals surface area contributed by atoms with E-state index in [1.54, 1.807) is 0 Å². The van der Waals surface area contributed by atoms with E-state index < -0.39 is 0 Å². The fourth-order valence-corrected chi connectivity index (χ4v) is 3.99. The third kappa shape index (κ3) is 5.27. The fraction of sp³-hybridized carbons (Fsp3) is 0.737. The Morgan fingerprint density at radius 3 is 2.83 bits per heavy atom. The molecule has 1 atom stereocenters. The van der Waals surface area contributed by atoms with Crippen molar-refractivity contribution in [3.63, 3.8) is 0 Å². The van der Waals surface area contributed by atoms with Crippen molar-refractivity contribution in [1.29, 1.82) is 0 Å². The van der Waals surface area contributed by atoms with Crippen LogP contribution in [0.5, 0.6) is 0 Å². The summed E-state index contributed by atoms with van der Waals surface area (Å²) in [6.07, 6.45) is 7.53. The van der Waals surface area contributed by atoms with Crippen LogP contribution in [0.4, 0.5) is 0 Å². The first-order valence-electron chi connectivity index (χ1n) is 9.08. The van der Waals surface area contributed by atoms with E-state index in [2.05, 4.69) is 34.7 Å². The molecule has 3 heterocycles. The largest absolute Gasteiger partial charge is 0.376 e. The third-order valence-corrected chi connectivity index (χ3v) is 5.13. The number of hydrogen-bond acceptors (Lipinski definition) is 4. The Morgan fingerprint density at radius 2 is 2.04 bits per heavy atom. The maximum absolute atomic E-state index is 5.86. The summed E-state index contributed by atoms with van der Waals surface area (Å²) in [5, 5.41) is 0. The first-order chi connectivity index (χ1) is 11.1. The Hall–Kier alpha value is -0.970. The molecule has 0 N–H and O–H groups in total. The zero-order valence-electron chi connectivity index (χ0n) is 14.7. The van der Waals surface area contributed by atoms with Crippen molar-refractivity contribution < 1.29 is 4.74 Å². The van der Waals surface area contributed by atoms with Crippen LogP contribution in [-0.2, 0) is 11.3 Å². The fourth-order valence-electron chi connectivity index (χ4n) is 3.99. The maximum atomic E-state index is 5.86. The van der Waals surface area contributed by atoms with Gasteiger partial charge in [0.15, 0.2) is 0 Å². The summed E-state index contributed by atoms with van der Waals surface area (Å²) < 4.78 is 5.86. The minimum atomic E-state index is 0.0705. The van der Waals surface area contributed by atoms with Crippen molar-refractivity contribution in [2.75, 3.05) is 39.3 Å². The average molecular weight is 317 g/mol. The Labute approximate surface area is 140 Å². The summed E-state index contributed by atoms with van der Waals surface area (Å²) >= 11 is 0. The van der Waals surface area contributed by atoms with E-state index in [9.17, 15) is 0 Å². The summed E-state index contributed by atoms with van der Waals surface area (Å²) in [7, 11) is 0. The summed E-state index contributed by atoms with van der Waals surface area (Å²) in [5.74, 6) is 0.795. The molecule has 2 aliphatic rings. The highest BCUT2D eigenvalue weighted by Crippen LogP contribution is 2.29. The van der Waals surface area contributed by atoms with Gasteiger partial charge in [-0.1, -0.05) is 6.07 Å². The van der Waals surface area contributed by atoms with Crippen LogP contribution in [0.25, 0.3) is 0 Å². The second-order valence-electron chi connectivity index (χ2n) is 7.76. The average Bonchev–Trinajstić information content (AvgIpc) is 2.73. The number of pyridine rings is 1. The molecular formula is C19H31N3O. The standard InChI is InChI=1S/C19H31N3O/c1-19(2)13-17(6-12-23-19)15-21-8-4-9-22(11-10-21)16-18-5-3-7-20-14-18/h3,5,7,14,17H,4,6,8-13,15-16H2,1-2H3. The second kappa shape index (κ2) is 7.73. The molecule has 0 saturated carbocycles. The molecule has 0 amide bonds. The van der Waals surface area contributed by atoms with Gasteiger partial charge in [0.1, 0.15) is 0 Å². The van der Waals surface area contributed by atoms with Gasteiger partial charge in [0.2, 0.25) is 0 Å². The molecule has 2 saturated heterocycles. The van der Waals surface area contributed by atoms with E-state index in [4.69, 9.17) is 4.74 Å². The lowest BCUT2D eigenvalue weighted by molar-refractivity contribution is -0.0766. The van der Waals surface area contributed by atoms with Gasteiger partial charge in [-0.05, 0) is 63.7 Å². The quantitative estimate of drug-likeness (QED) is 0.854. The maximum Gasteiger partial charge on any atom is 0.0629 e. The second-order valence-corrected chi connectivity index (χ2v) is 7.76. The van der Waals surface area contributed by atoms with E-state index in [-0.39, 0.29) is 5.60 Å². The van der Waals surface area contributed by atoms with E-state index in [0.717, 1.165) is 19.1 Å². The number of aromatic nitrogens is 1. The van der Waals surface area contributed by atoms with Crippen molar-refractivity contribution in [2.24, 2.45) is 5.92 Å². The molecule has 0 radical (unpaired) electrons. The molecule has 0 spiro atoms. The van der Waals surface area contributed by atoms with E-state index >= 15 is 0 Å². The first kappa shape index (κ1) is 16.9.